The minimum absolute atomic E-state index is 0.212. The fourth-order valence-corrected chi connectivity index (χ4v) is 2.04. The second-order valence-corrected chi connectivity index (χ2v) is 5.13. The molecule has 21 heavy (non-hydrogen) atoms. The molecular formula is C17H21N3O. The van der Waals surface area contributed by atoms with Crippen molar-refractivity contribution in [2.24, 2.45) is 5.73 Å². The molecule has 0 radical (unpaired) electrons. The van der Waals surface area contributed by atoms with Crippen molar-refractivity contribution >= 4 is 11.7 Å². The molecule has 2 amide bonds. The van der Waals surface area contributed by atoms with Crippen LogP contribution in [0.25, 0.3) is 0 Å². The van der Waals surface area contributed by atoms with E-state index in [1.54, 1.807) is 0 Å². The van der Waals surface area contributed by atoms with E-state index in [0.717, 1.165) is 22.4 Å². The molecule has 4 heteroatoms. The Morgan fingerprint density at radius 3 is 2.52 bits per heavy atom. The topological polar surface area (TPSA) is 67.2 Å². The Labute approximate surface area is 125 Å². The van der Waals surface area contributed by atoms with Crippen LogP contribution in [-0.4, -0.2) is 6.03 Å². The van der Waals surface area contributed by atoms with Gasteiger partial charge in [-0.05, 0) is 48.2 Å². The van der Waals surface area contributed by atoms with E-state index < -0.39 is 0 Å². The summed E-state index contributed by atoms with van der Waals surface area (Å²) in [5.74, 6) is 0. The van der Waals surface area contributed by atoms with Gasteiger partial charge in [0.05, 0.1) is 0 Å². The number of nitrogens with two attached hydrogens (primary N) is 1. The molecule has 0 atom stereocenters. The van der Waals surface area contributed by atoms with Crippen molar-refractivity contribution in [3.63, 3.8) is 0 Å². The van der Waals surface area contributed by atoms with E-state index in [1.165, 1.54) is 5.56 Å². The van der Waals surface area contributed by atoms with Gasteiger partial charge in [-0.3, -0.25) is 0 Å². The van der Waals surface area contributed by atoms with E-state index in [0.29, 0.717) is 13.1 Å². The minimum Gasteiger partial charge on any atom is -0.334 e. The van der Waals surface area contributed by atoms with Gasteiger partial charge in [-0.1, -0.05) is 30.3 Å². The highest BCUT2D eigenvalue weighted by molar-refractivity contribution is 5.89. The van der Waals surface area contributed by atoms with Crippen molar-refractivity contribution < 1.29 is 4.79 Å². The highest BCUT2D eigenvalue weighted by Gasteiger charge is 2.03. The molecule has 0 saturated heterocycles. The monoisotopic (exact) mass is 283 g/mol. The van der Waals surface area contributed by atoms with Crippen LogP contribution in [-0.2, 0) is 13.1 Å². The summed E-state index contributed by atoms with van der Waals surface area (Å²) >= 11 is 0. The van der Waals surface area contributed by atoms with Gasteiger partial charge in [0.1, 0.15) is 0 Å². The lowest BCUT2D eigenvalue weighted by molar-refractivity contribution is 0.251. The van der Waals surface area contributed by atoms with E-state index >= 15 is 0 Å². The van der Waals surface area contributed by atoms with E-state index in [1.807, 2.05) is 56.3 Å². The third kappa shape index (κ3) is 4.33. The number of urea groups is 1. The number of benzene rings is 2. The lowest BCUT2D eigenvalue weighted by atomic mass is 10.1. The molecule has 2 aromatic carbocycles. The number of hydrogen-bond acceptors (Lipinski definition) is 2. The second-order valence-electron chi connectivity index (χ2n) is 5.13. The van der Waals surface area contributed by atoms with Crippen molar-refractivity contribution in [2.75, 3.05) is 5.32 Å². The Morgan fingerprint density at radius 1 is 1.05 bits per heavy atom. The summed E-state index contributed by atoms with van der Waals surface area (Å²) in [6, 6.07) is 13.5. The van der Waals surface area contributed by atoms with Gasteiger partial charge in [0, 0.05) is 18.8 Å². The van der Waals surface area contributed by atoms with E-state index in [9.17, 15) is 4.79 Å². The molecule has 0 aliphatic rings. The maximum absolute atomic E-state index is 11.9. The fraction of sp³-hybridized carbons (Fsp3) is 0.235. The summed E-state index contributed by atoms with van der Waals surface area (Å²) in [6.07, 6.45) is 0. The molecule has 4 nitrogen and oxygen atoms in total. The number of carbonyl (C=O) groups is 1. The van der Waals surface area contributed by atoms with Gasteiger partial charge >= 0.3 is 6.03 Å². The normalized spacial score (nSPS) is 10.2. The number of nitrogens with one attached hydrogen (secondary N) is 2. The summed E-state index contributed by atoms with van der Waals surface area (Å²) in [4.78, 5) is 11.9. The third-order valence-electron chi connectivity index (χ3n) is 3.44. The van der Waals surface area contributed by atoms with Crippen molar-refractivity contribution in [2.45, 2.75) is 26.9 Å². The summed E-state index contributed by atoms with van der Waals surface area (Å²) in [6.45, 7) is 5.05. The molecule has 4 N–H and O–H groups in total. The van der Waals surface area contributed by atoms with Crippen LogP contribution in [0.5, 0.6) is 0 Å². The largest absolute Gasteiger partial charge is 0.334 e. The Morgan fingerprint density at radius 2 is 1.81 bits per heavy atom. The van der Waals surface area contributed by atoms with Crippen LogP contribution in [0, 0.1) is 13.8 Å². The number of carbonyl (C=O) groups excluding carboxylic acids is 1. The standard InChI is InChI=1S/C17H21N3O/c1-12-6-7-16(8-13(12)2)20-17(21)19-11-15-5-3-4-14(9-15)10-18/h3-9H,10-11,18H2,1-2H3,(H2,19,20,21). The minimum atomic E-state index is -0.212. The van der Waals surface area contributed by atoms with Gasteiger partial charge in [0.2, 0.25) is 0 Å². The van der Waals surface area contributed by atoms with Crippen LogP contribution in [0.4, 0.5) is 10.5 Å². The zero-order valence-electron chi connectivity index (χ0n) is 12.4. The molecule has 0 unspecified atom stereocenters. The van der Waals surface area contributed by atoms with Gasteiger partial charge in [-0.25, -0.2) is 4.79 Å². The molecule has 2 rings (SSSR count). The van der Waals surface area contributed by atoms with Crippen LogP contribution in [0.3, 0.4) is 0 Å². The Bertz CT molecular complexity index is 638. The van der Waals surface area contributed by atoms with Crippen LogP contribution in [0.1, 0.15) is 22.3 Å². The Hall–Kier alpha value is -2.33. The Kier molecular flexibility index (Phi) is 4.95. The van der Waals surface area contributed by atoms with Crippen LogP contribution >= 0.6 is 0 Å². The van der Waals surface area contributed by atoms with Crippen molar-refractivity contribution in [1.29, 1.82) is 0 Å². The first kappa shape index (κ1) is 15.1. The van der Waals surface area contributed by atoms with E-state index in [2.05, 4.69) is 10.6 Å². The zero-order valence-corrected chi connectivity index (χ0v) is 12.4. The quantitative estimate of drug-likeness (QED) is 0.807. The van der Waals surface area contributed by atoms with Gasteiger partial charge in [-0.2, -0.15) is 0 Å². The van der Waals surface area contributed by atoms with Crippen LogP contribution < -0.4 is 16.4 Å². The molecule has 0 aliphatic carbocycles. The molecule has 0 heterocycles. The molecule has 0 saturated carbocycles. The molecule has 0 aromatic heterocycles. The SMILES string of the molecule is Cc1ccc(NC(=O)NCc2cccc(CN)c2)cc1C. The number of anilines is 1. The van der Waals surface area contributed by atoms with E-state index in [4.69, 9.17) is 5.73 Å². The first-order valence-electron chi connectivity index (χ1n) is 6.98. The molecule has 0 bridgehead atoms. The highest BCUT2D eigenvalue weighted by Crippen LogP contribution is 2.14. The lowest BCUT2D eigenvalue weighted by Gasteiger charge is -2.10. The van der Waals surface area contributed by atoms with Gasteiger partial charge in [-0.15, -0.1) is 0 Å². The molecule has 0 aliphatic heterocycles. The average molecular weight is 283 g/mol. The fourth-order valence-electron chi connectivity index (χ4n) is 2.04. The third-order valence-corrected chi connectivity index (χ3v) is 3.44. The Balaban J connectivity index is 1.91. The first-order chi connectivity index (χ1) is 10.1. The molecule has 110 valence electrons. The predicted molar refractivity (Wildman–Crippen MR) is 86.1 cm³/mol. The van der Waals surface area contributed by atoms with Crippen molar-refractivity contribution in [3.8, 4) is 0 Å². The van der Waals surface area contributed by atoms with Gasteiger partial charge in [0.15, 0.2) is 0 Å². The number of hydrogen-bond donors (Lipinski definition) is 3. The number of amides is 2. The highest BCUT2D eigenvalue weighted by atomic mass is 16.2. The maximum atomic E-state index is 11.9. The summed E-state index contributed by atoms with van der Waals surface area (Å²) < 4.78 is 0. The van der Waals surface area contributed by atoms with E-state index in [-0.39, 0.29) is 6.03 Å². The van der Waals surface area contributed by atoms with Gasteiger partial charge in [0.25, 0.3) is 0 Å². The zero-order chi connectivity index (χ0) is 15.2. The van der Waals surface area contributed by atoms with Crippen LogP contribution in [0.15, 0.2) is 42.5 Å². The summed E-state index contributed by atoms with van der Waals surface area (Å²) in [7, 11) is 0. The number of aryl methyl sites for hydroxylation is 2. The molecule has 2 aromatic rings. The average Bonchev–Trinajstić information content (AvgIpc) is 2.49. The molecule has 0 spiro atoms. The number of rotatable bonds is 4. The van der Waals surface area contributed by atoms with Gasteiger partial charge < -0.3 is 16.4 Å². The van der Waals surface area contributed by atoms with Crippen molar-refractivity contribution in [1.82, 2.24) is 5.32 Å². The maximum Gasteiger partial charge on any atom is 0.319 e. The van der Waals surface area contributed by atoms with Crippen molar-refractivity contribution in [3.05, 3.63) is 64.7 Å². The molecule has 0 fully saturated rings. The summed E-state index contributed by atoms with van der Waals surface area (Å²) in [5, 5.41) is 5.68. The second kappa shape index (κ2) is 6.90. The first-order valence-corrected chi connectivity index (χ1v) is 6.98. The smallest absolute Gasteiger partial charge is 0.319 e. The lowest BCUT2D eigenvalue weighted by Crippen LogP contribution is -2.28. The molecular weight excluding hydrogens is 262 g/mol. The van der Waals surface area contributed by atoms with Crippen LogP contribution in [0.2, 0.25) is 0 Å². The summed E-state index contributed by atoms with van der Waals surface area (Å²) in [5.41, 5.74) is 10.9. The predicted octanol–water partition coefficient (Wildman–Crippen LogP) is 3.08.